The summed E-state index contributed by atoms with van der Waals surface area (Å²) < 4.78 is 0. The zero-order chi connectivity index (χ0) is 13.8. The smallest absolute Gasteiger partial charge is 0.195 e. The second kappa shape index (κ2) is 12.8. The Labute approximate surface area is 134 Å². The molecule has 0 spiro atoms. The molecule has 0 heterocycles. The highest BCUT2D eigenvalue weighted by atomic mass is 35.5. The topological polar surface area (TPSA) is 30.5 Å². The Morgan fingerprint density at radius 2 is 1.00 bits per heavy atom. The molecule has 108 valence electrons. The van der Waals surface area contributed by atoms with Crippen LogP contribution in [-0.2, 0) is 0 Å². The van der Waals surface area contributed by atoms with Gasteiger partial charge in [0, 0.05) is 49.7 Å². The molecule has 0 aromatic carbocycles. The van der Waals surface area contributed by atoms with Gasteiger partial charge < -0.3 is 0 Å². The fourth-order valence-corrected chi connectivity index (χ4v) is 2.24. The van der Waals surface area contributed by atoms with Crippen molar-refractivity contribution < 1.29 is 0 Å². The maximum Gasteiger partial charge on any atom is 0.195 e. The van der Waals surface area contributed by atoms with Gasteiger partial charge in [-0.25, -0.2) is 10.0 Å². The minimum atomic E-state index is 0.473. The van der Waals surface area contributed by atoms with Crippen molar-refractivity contribution in [3.8, 4) is 0 Å². The van der Waals surface area contributed by atoms with Crippen molar-refractivity contribution in [1.82, 2.24) is 20.9 Å². The first kappa shape index (κ1) is 18.8. The summed E-state index contributed by atoms with van der Waals surface area (Å²) in [6.07, 6.45) is 0. The van der Waals surface area contributed by atoms with Crippen molar-refractivity contribution in [3.63, 3.8) is 0 Å². The third-order valence-electron chi connectivity index (χ3n) is 1.94. The molecular weight excluding hydrogens is 338 g/mol. The summed E-state index contributed by atoms with van der Waals surface area (Å²) in [5.74, 6) is 2.00. The average Bonchev–Trinajstić information content (AvgIpc) is 2.30. The van der Waals surface area contributed by atoms with Gasteiger partial charge in [0.2, 0.25) is 0 Å². The largest absolute Gasteiger partial charge is 0.294 e. The molecule has 4 nitrogen and oxygen atoms in total. The van der Waals surface area contributed by atoms with E-state index in [9.17, 15) is 0 Å². The van der Waals surface area contributed by atoms with E-state index in [1.54, 1.807) is 0 Å². The Bertz CT molecular complexity index is 191. The Hall–Kier alpha value is 0.770. The van der Waals surface area contributed by atoms with Crippen LogP contribution in [0.3, 0.4) is 0 Å². The SMILES string of the molecule is S=C(NN(CCCl)CCCl)NN(CCCl)CCCl. The lowest BCUT2D eigenvalue weighted by molar-refractivity contribution is 0.229. The van der Waals surface area contributed by atoms with E-state index in [1.165, 1.54) is 0 Å². The van der Waals surface area contributed by atoms with E-state index < -0.39 is 0 Å². The number of nitrogens with zero attached hydrogens (tertiary/aromatic N) is 2. The molecule has 0 saturated carbocycles. The predicted molar refractivity (Wildman–Crippen MR) is 84.9 cm³/mol. The molecule has 0 bridgehead atoms. The Morgan fingerprint density at radius 3 is 1.22 bits per heavy atom. The number of hydrogen-bond donors (Lipinski definition) is 2. The number of halogens is 4. The van der Waals surface area contributed by atoms with E-state index in [0.29, 0.717) is 54.8 Å². The van der Waals surface area contributed by atoms with Crippen LogP contribution in [0.1, 0.15) is 0 Å². The van der Waals surface area contributed by atoms with E-state index in [2.05, 4.69) is 10.9 Å². The second-order valence-electron chi connectivity index (χ2n) is 3.28. The number of thiocarbonyl (C=S) groups is 1. The van der Waals surface area contributed by atoms with Crippen LogP contribution in [0.2, 0.25) is 0 Å². The highest BCUT2D eigenvalue weighted by molar-refractivity contribution is 7.80. The lowest BCUT2D eigenvalue weighted by Crippen LogP contribution is -2.54. The molecule has 0 fully saturated rings. The molecule has 18 heavy (non-hydrogen) atoms. The first-order valence-electron chi connectivity index (χ1n) is 5.49. The monoisotopic (exact) mass is 354 g/mol. The third-order valence-corrected chi connectivity index (χ3v) is 2.80. The molecule has 0 aromatic heterocycles. The van der Waals surface area contributed by atoms with Gasteiger partial charge in [-0.15, -0.1) is 46.4 Å². The summed E-state index contributed by atoms with van der Waals surface area (Å²) in [5.41, 5.74) is 6.05. The van der Waals surface area contributed by atoms with Crippen molar-refractivity contribution >= 4 is 63.7 Å². The third kappa shape index (κ3) is 9.67. The molecule has 0 unspecified atom stereocenters. The molecule has 9 heteroatoms. The molecule has 0 aliphatic rings. The molecule has 0 amide bonds. The van der Waals surface area contributed by atoms with Gasteiger partial charge in [0.05, 0.1) is 0 Å². The standard InChI is InChI=1S/C9H18Cl4N4S/c10-1-5-16(6-2-11)14-9(18)15-17(7-3-12)8-4-13/h1-8H2,(H2,14,15,18). The zero-order valence-electron chi connectivity index (χ0n) is 9.97. The maximum atomic E-state index is 5.69. The van der Waals surface area contributed by atoms with Gasteiger partial charge in [0.25, 0.3) is 0 Å². The molecular formula is C9H18Cl4N4S. The number of alkyl halides is 4. The van der Waals surface area contributed by atoms with E-state index >= 15 is 0 Å². The van der Waals surface area contributed by atoms with Crippen molar-refractivity contribution in [2.75, 3.05) is 49.7 Å². The number of hydrazine groups is 2. The zero-order valence-corrected chi connectivity index (χ0v) is 13.8. The fourth-order valence-electron chi connectivity index (χ4n) is 1.17. The van der Waals surface area contributed by atoms with Crippen LogP contribution in [-0.4, -0.2) is 64.8 Å². The van der Waals surface area contributed by atoms with Gasteiger partial charge in [-0.1, -0.05) is 0 Å². The van der Waals surface area contributed by atoms with Crippen LogP contribution in [0.5, 0.6) is 0 Å². The first-order chi connectivity index (χ1) is 8.67. The van der Waals surface area contributed by atoms with Crippen molar-refractivity contribution in [3.05, 3.63) is 0 Å². The molecule has 0 saturated heterocycles. The van der Waals surface area contributed by atoms with Crippen LogP contribution in [0.4, 0.5) is 0 Å². The van der Waals surface area contributed by atoms with Crippen molar-refractivity contribution in [2.45, 2.75) is 0 Å². The summed E-state index contributed by atoms with van der Waals surface area (Å²) in [6.45, 7) is 2.62. The Balaban J connectivity index is 4.09. The van der Waals surface area contributed by atoms with Crippen molar-refractivity contribution in [2.24, 2.45) is 0 Å². The lowest BCUT2D eigenvalue weighted by atomic mass is 10.6. The van der Waals surface area contributed by atoms with Gasteiger partial charge >= 0.3 is 0 Å². The number of nitrogens with one attached hydrogen (secondary N) is 2. The molecule has 0 radical (unpaired) electrons. The summed E-state index contributed by atoms with van der Waals surface area (Å²) in [6, 6.07) is 0. The van der Waals surface area contributed by atoms with Crippen LogP contribution in [0, 0.1) is 0 Å². The van der Waals surface area contributed by atoms with Gasteiger partial charge in [-0.2, -0.15) is 0 Å². The highest BCUT2D eigenvalue weighted by Gasteiger charge is 2.08. The molecule has 0 rings (SSSR count). The Morgan fingerprint density at radius 1 is 0.722 bits per heavy atom. The normalized spacial score (nSPS) is 11.0. The van der Waals surface area contributed by atoms with Crippen LogP contribution in [0.25, 0.3) is 0 Å². The van der Waals surface area contributed by atoms with Crippen molar-refractivity contribution in [1.29, 1.82) is 0 Å². The van der Waals surface area contributed by atoms with Crippen LogP contribution in [0.15, 0.2) is 0 Å². The van der Waals surface area contributed by atoms with Gasteiger partial charge in [-0.3, -0.25) is 10.9 Å². The van der Waals surface area contributed by atoms with Crippen LogP contribution < -0.4 is 10.9 Å². The summed E-state index contributed by atoms with van der Waals surface area (Å²) in [4.78, 5) is 0. The first-order valence-corrected chi connectivity index (χ1v) is 8.03. The highest BCUT2D eigenvalue weighted by Crippen LogP contribution is 1.91. The van der Waals surface area contributed by atoms with Crippen LogP contribution >= 0.6 is 58.6 Å². The van der Waals surface area contributed by atoms with E-state index in [0.717, 1.165) is 0 Å². The van der Waals surface area contributed by atoms with E-state index in [1.807, 2.05) is 10.0 Å². The maximum absolute atomic E-state index is 5.69. The number of hydrogen-bond acceptors (Lipinski definition) is 3. The molecule has 0 aliphatic heterocycles. The predicted octanol–water partition coefficient (Wildman–Crippen LogP) is 1.84. The lowest BCUT2D eigenvalue weighted by Gasteiger charge is -2.27. The average molecular weight is 356 g/mol. The minimum Gasteiger partial charge on any atom is -0.294 e. The summed E-state index contributed by atoms with van der Waals surface area (Å²) >= 11 is 27.9. The minimum absolute atomic E-state index is 0.473. The molecule has 0 aromatic rings. The Kier molecular flexibility index (Phi) is 13.3. The second-order valence-corrected chi connectivity index (χ2v) is 5.20. The van der Waals surface area contributed by atoms with Gasteiger partial charge in [-0.05, 0) is 12.2 Å². The van der Waals surface area contributed by atoms with Gasteiger partial charge in [0.1, 0.15) is 0 Å². The quantitative estimate of drug-likeness (QED) is 0.354. The fraction of sp³-hybridized carbons (Fsp3) is 0.889. The molecule has 2 N–H and O–H groups in total. The molecule has 0 atom stereocenters. The molecule has 0 aliphatic carbocycles. The number of rotatable bonds is 10. The summed E-state index contributed by atoms with van der Waals surface area (Å²) in [5, 5.41) is 4.18. The van der Waals surface area contributed by atoms with E-state index in [4.69, 9.17) is 58.6 Å². The van der Waals surface area contributed by atoms with E-state index in [-0.39, 0.29) is 0 Å². The van der Waals surface area contributed by atoms with Gasteiger partial charge in [0.15, 0.2) is 5.11 Å². The summed E-state index contributed by atoms with van der Waals surface area (Å²) in [7, 11) is 0.